The lowest BCUT2D eigenvalue weighted by Crippen LogP contribution is -2.21. The molecular weight excluding hydrogens is 330 g/mol. The summed E-state index contributed by atoms with van der Waals surface area (Å²) >= 11 is 5.46. The topological polar surface area (TPSA) is 12.0 Å². The summed E-state index contributed by atoms with van der Waals surface area (Å²) in [5.41, 5.74) is 1.50. The fourth-order valence-electron chi connectivity index (χ4n) is 2.72. The average Bonchev–Trinajstić information content (AvgIpc) is 2.75. The minimum atomic E-state index is 0.540. The first-order chi connectivity index (χ1) is 9.69. The van der Waals surface area contributed by atoms with Gasteiger partial charge in [0.05, 0.1) is 3.79 Å². The molecule has 116 valence electrons. The first-order valence-electron chi connectivity index (χ1n) is 8.18. The molecule has 0 aromatic carbocycles. The molecule has 1 atom stereocenters. The van der Waals surface area contributed by atoms with Gasteiger partial charge in [-0.25, -0.2) is 0 Å². The molecule has 0 spiro atoms. The second-order valence-electron chi connectivity index (χ2n) is 5.58. The lowest BCUT2D eigenvalue weighted by Gasteiger charge is -2.18. The van der Waals surface area contributed by atoms with E-state index in [1.807, 2.05) is 11.3 Å². The summed E-state index contributed by atoms with van der Waals surface area (Å²) in [6, 6.07) is 2.84. The van der Waals surface area contributed by atoms with Crippen LogP contribution in [0.5, 0.6) is 0 Å². The van der Waals surface area contributed by atoms with Crippen LogP contribution in [0, 0.1) is 6.92 Å². The highest BCUT2D eigenvalue weighted by molar-refractivity contribution is 9.11. The third-order valence-electron chi connectivity index (χ3n) is 3.85. The summed E-state index contributed by atoms with van der Waals surface area (Å²) in [4.78, 5) is 1.45. The molecule has 0 fully saturated rings. The summed E-state index contributed by atoms with van der Waals surface area (Å²) in [6.07, 6.45) is 11.0. The normalized spacial score (nSPS) is 12.8. The van der Waals surface area contributed by atoms with Crippen molar-refractivity contribution < 1.29 is 0 Å². The fourth-order valence-corrected chi connectivity index (χ4v) is 4.50. The Labute approximate surface area is 137 Å². The Kier molecular flexibility index (Phi) is 9.83. The smallest absolute Gasteiger partial charge is 0.0704 e. The Balaban J connectivity index is 2.31. The van der Waals surface area contributed by atoms with Crippen LogP contribution in [0.1, 0.15) is 81.7 Å². The van der Waals surface area contributed by atoms with E-state index in [0.29, 0.717) is 6.04 Å². The number of aryl methyl sites for hydroxylation is 1. The van der Waals surface area contributed by atoms with E-state index < -0.39 is 0 Å². The van der Waals surface area contributed by atoms with E-state index in [0.717, 1.165) is 6.54 Å². The molecule has 3 heteroatoms. The van der Waals surface area contributed by atoms with Crippen molar-refractivity contribution in [2.24, 2.45) is 0 Å². The van der Waals surface area contributed by atoms with Crippen LogP contribution in [-0.2, 0) is 0 Å². The Bertz CT molecular complexity index is 362. The van der Waals surface area contributed by atoms with E-state index in [1.165, 1.54) is 65.6 Å². The third-order valence-corrected chi connectivity index (χ3v) is 5.42. The van der Waals surface area contributed by atoms with Crippen LogP contribution < -0.4 is 5.32 Å². The van der Waals surface area contributed by atoms with Gasteiger partial charge in [0.1, 0.15) is 0 Å². The minimum absolute atomic E-state index is 0.540. The highest BCUT2D eigenvalue weighted by atomic mass is 79.9. The average molecular weight is 360 g/mol. The zero-order valence-electron chi connectivity index (χ0n) is 13.3. The van der Waals surface area contributed by atoms with Crippen LogP contribution in [-0.4, -0.2) is 6.54 Å². The number of hydrogen-bond acceptors (Lipinski definition) is 2. The first-order valence-corrected chi connectivity index (χ1v) is 9.79. The second-order valence-corrected chi connectivity index (χ2v) is 8.22. The van der Waals surface area contributed by atoms with Gasteiger partial charge in [-0.3, -0.25) is 0 Å². The molecule has 0 aliphatic carbocycles. The van der Waals surface area contributed by atoms with E-state index in [2.05, 4.69) is 48.1 Å². The molecule has 0 bridgehead atoms. The van der Waals surface area contributed by atoms with Crippen LogP contribution in [0.15, 0.2) is 9.85 Å². The van der Waals surface area contributed by atoms with Crippen LogP contribution in [0.25, 0.3) is 0 Å². The quantitative estimate of drug-likeness (QED) is 0.438. The number of rotatable bonds is 11. The lowest BCUT2D eigenvalue weighted by atomic mass is 10.00. The van der Waals surface area contributed by atoms with Crippen molar-refractivity contribution in [1.29, 1.82) is 0 Å². The van der Waals surface area contributed by atoms with Crippen molar-refractivity contribution in [2.75, 3.05) is 6.54 Å². The number of unbranched alkanes of at least 4 members (excludes halogenated alkanes) is 6. The van der Waals surface area contributed by atoms with Crippen LogP contribution in [0.3, 0.4) is 0 Å². The van der Waals surface area contributed by atoms with Crippen molar-refractivity contribution in [1.82, 2.24) is 5.32 Å². The molecule has 0 amide bonds. The van der Waals surface area contributed by atoms with Gasteiger partial charge in [0.2, 0.25) is 0 Å². The molecule has 1 unspecified atom stereocenters. The summed E-state index contributed by atoms with van der Waals surface area (Å²) < 4.78 is 1.26. The van der Waals surface area contributed by atoms with E-state index in [4.69, 9.17) is 0 Å². The molecule has 1 aromatic rings. The SMILES string of the molecule is CCCCCCCCCC(NCC)c1cc(Br)sc1C. The second kappa shape index (κ2) is 10.8. The molecule has 0 saturated heterocycles. The first kappa shape index (κ1) is 18.2. The van der Waals surface area contributed by atoms with Crippen molar-refractivity contribution in [3.05, 3.63) is 20.3 Å². The van der Waals surface area contributed by atoms with E-state index in [-0.39, 0.29) is 0 Å². The summed E-state index contributed by atoms with van der Waals surface area (Å²) in [7, 11) is 0. The van der Waals surface area contributed by atoms with Gasteiger partial charge < -0.3 is 5.32 Å². The molecule has 1 aromatic heterocycles. The van der Waals surface area contributed by atoms with Crippen molar-refractivity contribution in [2.45, 2.75) is 78.2 Å². The molecule has 0 saturated carbocycles. The molecule has 0 aliphatic heterocycles. The minimum Gasteiger partial charge on any atom is -0.310 e. The third kappa shape index (κ3) is 6.73. The van der Waals surface area contributed by atoms with Crippen LogP contribution in [0.4, 0.5) is 0 Å². The van der Waals surface area contributed by atoms with Gasteiger partial charge in [0.15, 0.2) is 0 Å². The Hall–Kier alpha value is 0.140. The van der Waals surface area contributed by atoms with Gasteiger partial charge >= 0.3 is 0 Å². The number of hydrogen-bond donors (Lipinski definition) is 1. The molecule has 1 N–H and O–H groups in total. The number of halogens is 1. The van der Waals surface area contributed by atoms with Crippen LogP contribution in [0.2, 0.25) is 0 Å². The predicted molar refractivity (Wildman–Crippen MR) is 95.8 cm³/mol. The highest BCUT2D eigenvalue weighted by Crippen LogP contribution is 2.32. The van der Waals surface area contributed by atoms with Crippen molar-refractivity contribution in [3.63, 3.8) is 0 Å². The fraction of sp³-hybridized carbons (Fsp3) is 0.765. The standard InChI is InChI=1S/C17H30BrNS/c1-4-6-7-8-9-10-11-12-16(19-5-2)15-13-17(18)20-14(15)3/h13,16,19H,4-12H2,1-3H3. The summed E-state index contributed by atoms with van der Waals surface area (Å²) in [5.74, 6) is 0. The number of thiophene rings is 1. The molecule has 0 aliphatic rings. The maximum atomic E-state index is 3.65. The van der Waals surface area contributed by atoms with E-state index in [1.54, 1.807) is 0 Å². The summed E-state index contributed by atoms with van der Waals surface area (Å²) in [5, 5.41) is 3.65. The molecule has 20 heavy (non-hydrogen) atoms. The van der Waals surface area contributed by atoms with E-state index >= 15 is 0 Å². The van der Waals surface area contributed by atoms with Gasteiger partial charge in [0, 0.05) is 10.9 Å². The van der Waals surface area contributed by atoms with Crippen molar-refractivity contribution >= 4 is 27.3 Å². The maximum Gasteiger partial charge on any atom is 0.0704 e. The molecular formula is C17H30BrNS. The van der Waals surface area contributed by atoms with Gasteiger partial charge in [-0.1, -0.05) is 58.8 Å². The van der Waals surface area contributed by atoms with Gasteiger partial charge in [-0.2, -0.15) is 0 Å². The van der Waals surface area contributed by atoms with Gasteiger partial charge in [0.25, 0.3) is 0 Å². The maximum absolute atomic E-state index is 3.65. The molecule has 0 radical (unpaired) electrons. The summed E-state index contributed by atoms with van der Waals surface area (Å²) in [6.45, 7) is 7.77. The Morgan fingerprint density at radius 2 is 1.75 bits per heavy atom. The monoisotopic (exact) mass is 359 g/mol. The lowest BCUT2D eigenvalue weighted by molar-refractivity contribution is 0.475. The van der Waals surface area contributed by atoms with Crippen LogP contribution >= 0.6 is 27.3 Å². The molecule has 1 rings (SSSR count). The molecule has 1 nitrogen and oxygen atoms in total. The van der Waals surface area contributed by atoms with Gasteiger partial charge in [-0.05, 0) is 47.4 Å². The predicted octanol–water partition coefficient (Wildman–Crippen LogP) is 6.61. The number of nitrogens with one attached hydrogen (secondary N) is 1. The largest absolute Gasteiger partial charge is 0.310 e. The van der Waals surface area contributed by atoms with Gasteiger partial charge in [-0.15, -0.1) is 11.3 Å². The Morgan fingerprint density at radius 1 is 1.10 bits per heavy atom. The van der Waals surface area contributed by atoms with Crippen molar-refractivity contribution in [3.8, 4) is 0 Å². The Morgan fingerprint density at radius 3 is 2.30 bits per heavy atom. The highest BCUT2D eigenvalue weighted by Gasteiger charge is 2.14. The van der Waals surface area contributed by atoms with E-state index in [9.17, 15) is 0 Å². The zero-order chi connectivity index (χ0) is 14.8. The molecule has 1 heterocycles. The zero-order valence-corrected chi connectivity index (χ0v) is 15.7.